The molecule has 7 aromatic heterocycles. The van der Waals surface area contributed by atoms with E-state index in [0.717, 1.165) is 52.0 Å². The predicted octanol–water partition coefficient (Wildman–Crippen LogP) is 21.8. The van der Waals surface area contributed by atoms with Crippen LogP contribution in [0.3, 0.4) is 0 Å². The zero-order valence-corrected chi connectivity index (χ0v) is 71.1. The molecule has 2 saturated carbocycles. The summed E-state index contributed by atoms with van der Waals surface area (Å²) in [5, 5.41) is 18.1. The van der Waals surface area contributed by atoms with Gasteiger partial charge in [0, 0.05) is 101 Å². The maximum absolute atomic E-state index is 10.0. The number of carbonyl (C=O) groups excluding carboxylic acids is 1. The number of allylic oxidation sites excluding steroid dienone is 2. The Kier molecular flexibility index (Phi) is 19.6. The van der Waals surface area contributed by atoms with Crippen LogP contribution in [0, 0.1) is 6.07 Å². The number of furan rings is 1. The molecule has 0 amide bonds. The Morgan fingerprint density at radius 1 is 0.555 bits per heavy atom. The topological polar surface area (TPSA) is 115 Å². The number of likely N-dealkylation sites (N-methyl/N-ethyl adjacent to an activating group) is 2. The van der Waals surface area contributed by atoms with E-state index >= 15 is 0 Å². The summed E-state index contributed by atoms with van der Waals surface area (Å²) in [4.78, 5) is 29.7. The van der Waals surface area contributed by atoms with E-state index in [2.05, 4.69) is 304 Å². The van der Waals surface area contributed by atoms with Gasteiger partial charge in [-0.1, -0.05) is 166 Å². The molecule has 1 N–H and O–H groups in total. The maximum atomic E-state index is 10.0. The third-order valence-electron chi connectivity index (χ3n) is 26.2. The molecule has 0 bridgehead atoms. The van der Waals surface area contributed by atoms with Gasteiger partial charge in [0.2, 0.25) is 0 Å². The van der Waals surface area contributed by atoms with Crippen molar-refractivity contribution in [1.29, 1.82) is 0 Å². The first kappa shape index (κ1) is 75.5. The number of anilines is 6. The summed E-state index contributed by atoms with van der Waals surface area (Å²) in [6, 6.07) is 82.1. The molecule has 2 unspecified atom stereocenters. The first-order valence-electron chi connectivity index (χ1n) is 41.9. The van der Waals surface area contributed by atoms with Crippen molar-refractivity contribution in [3.05, 3.63) is 324 Å². The normalized spacial score (nSPS) is 17.1. The Morgan fingerprint density at radius 3 is 1.79 bits per heavy atom. The van der Waals surface area contributed by atoms with Crippen molar-refractivity contribution in [2.45, 2.75) is 128 Å². The first-order chi connectivity index (χ1) is 57.9. The van der Waals surface area contributed by atoms with Crippen molar-refractivity contribution in [2.75, 3.05) is 33.7 Å². The number of nitrogens with zero attached hydrogens (tertiary/aromatic N) is 12. The van der Waals surface area contributed by atoms with E-state index in [-0.39, 0.29) is 31.6 Å². The van der Waals surface area contributed by atoms with E-state index in [1.165, 1.54) is 207 Å². The van der Waals surface area contributed by atoms with Crippen LogP contribution in [0.2, 0.25) is 0 Å². The van der Waals surface area contributed by atoms with Crippen LogP contribution in [0.1, 0.15) is 141 Å². The number of ketones is 1. The molecule has 14 heterocycles. The van der Waals surface area contributed by atoms with Crippen LogP contribution in [0.15, 0.2) is 277 Å². The summed E-state index contributed by atoms with van der Waals surface area (Å²) in [5.74, 6) is 4.41. The number of benzene rings is 10. The summed E-state index contributed by atoms with van der Waals surface area (Å²) >= 11 is 1.63. The van der Waals surface area contributed by atoms with Gasteiger partial charge >= 0.3 is 0 Å². The average Bonchev–Trinajstić information content (AvgIpc) is 1.23. The molecule has 15 nitrogen and oxygen atoms in total. The van der Waals surface area contributed by atoms with Gasteiger partial charge in [-0.2, -0.15) is 13.5 Å². The average molecular weight is 1760 g/mol. The number of hydrogen-bond acceptors (Lipinski definition) is 10. The molecule has 7 aliphatic heterocycles. The first-order valence-corrected chi connectivity index (χ1v) is 42.8. The molecule has 119 heavy (non-hydrogen) atoms. The van der Waals surface area contributed by atoms with Crippen molar-refractivity contribution in [3.8, 4) is 33.9 Å². The molecule has 593 valence electrons. The standard InChI is InChI=1S/C34H35N2.C23H20N4.C17H13N2O.C12H7N2S.C11H11N2.C5H8O2.Ir/c1-3-11-23(12-4-1)26-17-10-18-27(24-13-5-2-6-14-24)33(26)31-22-35-21-25-15-9-19-29-28-16-7-8-20-30(28)36(31)34(35)32(25)29;1-24-14-8-3-5-10-16(14)26-18-12-7-13-19-20(18)21(22(24)26)23-25(2)15-9-4-6-11-17(15)27(19)23;1-18-8-9-19-15(18)10-11-6-7-13-12-4-2-3-5-14(12)20-17(13)16(11)19;1-2-4-9(5-3-1)11-10-6-7-15-12(10)14-8-13-11;1-12-6-7-13-10-5-3-2-4-9(10)8-11(12)13;1-4(6)3-5(2)7;/h7-10,15-20,22-24H,1-6,11-14,21H2;3-13,21-23H,1-2H3;2-9H,10H2,1H3;1-4,6-8H;2-7H,8H2,1H3;3,6H,1-2H3;/q+1;;+1;-1;+1;;. The molecule has 2 atom stereocenters. The van der Waals surface area contributed by atoms with Gasteiger partial charge in [0.15, 0.2) is 22.7 Å². The smallest absolute Gasteiger partial charge is 0.295 e. The van der Waals surface area contributed by atoms with Crippen LogP contribution < -0.4 is 33.3 Å². The number of pyridine rings is 1. The molecule has 17 heteroatoms. The zero-order chi connectivity index (χ0) is 79.6. The monoisotopic (exact) mass is 1760 g/mol. The minimum absolute atomic E-state index is 0. The molecular formula is C102H94IrN12O3S+2. The third-order valence-corrected chi connectivity index (χ3v) is 27.0. The number of hydrogen-bond donors (Lipinski definition) is 1. The van der Waals surface area contributed by atoms with E-state index in [9.17, 15) is 4.79 Å². The Labute approximate surface area is 710 Å². The molecule has 10 aromatic carbocycles. The van der Waals surface area contributed by atoms with Crippen LogP contribution in [-0.4, -0.2) is 60.8 Å². The summed E-state index contributed by atoms with van der Waals surface area (Å²) in [6.45, 7) is 3.83. The molecular weight excluding hydrogens is 1670 g/mol. The van der Waals surface area contributed by atoms with E-state index in [1.807, 2.05) is 41.8 Å². The van der Waals surface area contributed by atoms with Gasteiger partial charge in [-0.15, -0.1) is 47.2 Å². The fourth-order valence-electron chi connectivity index (χ4n) is 21.1. The van der Waals surface area contributed by atoms with Gasteiger partial charge in [-0.25, -0.2) is 18.7 Å². The van der Waals surface area contributed by atoms with Crippen molar-refractivity contribution in [3.63, 3.8) is 0 Å². The van der Waals surface area contributed by atoms with E-state index < -0.39 is 0 Å². The third kappa shape index (κ3) is 12.7. The molecule has 2 aliphatic carbocycles. The Balaban J connectivity index is 0.0000000971. The molecule has 2 fully saturated rings. The minimum atomic E-state index is -0.125. The van der Waals surface area contributed by atoms with Crippen LogP contribution in [0.25, 0.3) is 93.4 Å². The fraction of sp³-hybridized carbons (Fsp3) is 0.235. The fourth-order valence-corrected chi connectivity index (χ4v) is 21.8. The van der Waals surface area contributed by atoms with Crippen molar-refractivity contribution < 1.29 is 48.1 Å². The number of aromatic nitrogens is 8. The summed E-state index contributed by atoms with van der Waals surface area (Å²) < 4.78 is 20.2. The SMILES string of the molecule is CC(=O)C=C(C)O.CN1c2ccccc2N2c3cccc4c3C(C12)C1N(C)c2ccccc2N41.C[n+]1ccn2c1Cc1ccc3c(oc4ccccc43)c1-2.C[n+]1ccn2c1Cc1ccccc1-2.[Ir].[c-]1ccccc1-c1ncnc2sccc12.c1cc(C2CCCCC2)c(-c2c[n+]3c4c5c(cccc5c5ccccc5n24)C3)c(C2CCCCC2)c1. The van der Waals surface area contributed by atoms with Crippen LogP contribution in [0.5, 0.6) is 0 Å². The number of imidazole rings is 3. The van der Waals surface area contributed by atoms with Gasteiger partial charge < -0.3 is 29.1 Å². The number of carbonyl (C=O) groups is 1. The number of fused-ring (bicyclic) bond motifs is 24. The molecule has 0 spiro atoms. The van der Waals surface area contributed by atoms with Gasteiger partial charge in [-0.05, 0) is 146 Å². The summed E-state index contributed by atoms with van der Waals surface area (Å²) in [6.07, 6.45) is 30.1. The molecule has 26 rings (SSSR count). The Bertz CT molecular complexity index is 6730. The Hall–Kier alpha value is -12.3. The van der Waals surface area contributed by atoms with Crippen LogP contribution >= 0.6 is 11.3 Å². The summed E-state index contributed by atoms with van der Waals surface area (Å²) in [5.41, 5.74) is 29.3. The number of aliphatic hydroxyl groups excluding tert-OH is 1. The predicted molar refractivity (Wildman–Crippen MR) is 475 cm³/mol. The molecule has 17 aromatic rings. The number of aryl methyl sites for hydroxylation is 2. The Morgan fingerprint density at radius 2 is 1.13 bits per heavy atom. The number of aliphatic hydroxyl groups is 1. The van der Waals surface area contributed by atoms with Gasteiger partial charge in [0.1, 0.15) is 77.8 Å². The second-order valence-electron chi connectivity index (χ2n) is 33.1. The van der Waals surface area contributed by atoms with Gasteiger partial charge in [0.25, 0.3) is 17.3 Å². The maximum Gasteiger partial charge on any atom is 0.295 e. The van der Waals surface area contributed by atoms with Crippen molar-refractivity contribution >= 4 is 111 Å². The number of thiophene rings is 1. The molecule has 1 radical (unpaired) electrons. The van der Waals surface area contributed by atoms with Crippen LogP contribution in [-0.2, 0) is 58.4 Å². The summed E-state index contributed by atoms with van der Waals surface area (Å²) in [7, 11) is 8.69. The molecule has 9 aliphatic rings. The van der Waals surface area contributed by atoms with Crippen molar-refractivity contribution in [2.24, 2.45) is 14.1 Å². The van der Waals surface area contributed by atoms with Crippen LogP contribution in [0.4, 0.5) is 34.1 Å². The number of para-hydroxylation sites is 7. The second-order valence-corrected chi connectivity index (χ2v) is 34.0. The van der Waals surface area contributed by atoms with Gasteiger partial charge in [-0.3, -0.25) is 9.78 Å². The van der Waals surface area contributed by atoms with E-state index in [0.29, 0.717) is 30.1 Å². The minimum Gasteiger partial charge on any atom is -0.512 e. The van der Waals surface area contributed by atoms with Crippen molar-refractivity contribution in [1.82, 2.24) is 23.5 Å². The number of rotatable bonds is 5. The quantitative estimate of drug-likeness (QED) is 0.0591. The zero-order valence-electron chi connectivity index (χ0n) is 67.9. The second kappa shape index (κ2) is 30.9. The molecule has 0 saturated heterocycles. The largest absolute Gasteiger partial charge is 0.512 e. The van der Waals surface area contributed by atoms with E-state index in [4.69, 9.17) is 9.52 Å². The van der Waals surface area contributed by atoms with E-state index in [1.54, 1.807) is 34.4 Å². The van der Waals surface area contributed by atoms with Gasteiger partial charge in [0.05, 0.1) is 66.7 Å².